The van der Waals surface area contributed by atoms with Gasteiger partial charge >= 0.3 is 0 Å². The number of rotatable bonds is 2. The Morgan fingerprint density at radius 1 is 1.00 bits per heavy atom. The Kier molecular flexibility index (Phi) is 3.35. The van der Waals surface area contributed by atoms with Gasteiger partial charge in [-0.15, -0.1) is 0 Å². The minimum absolute atomic E-state index is 0.155. The largest absolute Gasteiger partial charge is 0.294 e. The van der Waals surface area contributed by atoms with Crippen molar-refractivity contribution in [2.75, 3.05) is 7.05 Å². The van der Waals surface area contributed by atoms with E-state index < -0.39 is 0 Å². The van der Waals surface area contributed by atoms with Crippen LogP contribution in [0.15, 0.2) is 54.9 Å². The third-order valence-corrected chi connectivity index (χ3v) is 4.98. The van der Waals surface area contributed by atoms with Crippen molar-refractivity contribution in [2.24, 2.45) is 0 Å². The third-order valence-electron chi connectivity index (χ3n) is 4.98. The van der Waals surface area contributed by atoms with Crippen LogP contribution in [0.5, 0.6) is 0 Å². The SMILES string of the molecule is CN1[C@H](c2ccccc2)C[C@H](c2ccncc2)C1(C)C. The molecule has 2 heterocycles. The number of nitrogens with zero attached hydrogens (tertiary/aromatic N) is 2. The van der Waals surface area contributed by atoms with E-state index in [0.717, 1.165) is 6.42 Å². The predicted molar refractivity (Wildman–Crippen MR) is 82.6 cm³/mol. The first-order chi connectivity index (χ1) is 9.60. The second-order valence-corrected chi connectivity index (χ2v) is 6.26. The summed E-state index contributed by atoms with van der Waals surface area (Å²) in [5.74, 6) is 0.542. The Bertz CT molecular complexity index is 562. The summed E-state index contributed by atoms with van der Waals surface area (Å²) < 4.78 is 0. The number of pyridine rings is 1. The molecule has 104 valence electrons. The molecule has 2 aromatic rings. The van der Waals surface area contributed by atoms with Crippen LogP contribution in [0.25, 0.3) is 0 Å². The smallest absolute Gasteiger partial charge is 0.0357 e. The summed E-state index contributed by atoms with van der Waals surface area (Å²) in [5, 5.41) is 0. The van der Waals surface area contributed by atoms with Gasteiger partial charge in [-0.1, -0.05) is 30.3 Å². The summed E-state index contributed by atoms with van der Waals surface area (Å²) in [7, 11) is 2.25. The number of benzene rings is 1. The normalized spacial score (nSPS) is 25.8. The highest BCUT2D eigenvalue weighted by molar-refractivity contribution is 5.29. The molecule has 2 heteroatoms. The van der Waals surface area contributed by atoms with Crippen molar-refractivity contribution in [2.45, 2.75) is 37.8 Å². The van der Waals surface area contributed by atoms with Gasteiger partial charge in [-0.3, -0.25) is 9.88 Å². The summed E-state index contributed by atoms with van der Waals surface area (Å²) in [6.45, 7) is 4.70. The fraction of sp³-hybridized carbons (Fsp3) is 0.389. The van der Waals surface area contributed by atoms with Crippen molar-refractivity contribution < 1.29 is 0 Å². The molecule has 20 heavy (non-hydrogen) atoms. The monoisotopic (exact) mass is 266 g/mol. The van der Waals surface area contributed by atoms with Gasteiger partial charge in [0.15, 0.2) is 0 Å². The number of hydrogen-bond acceptors (Lipinski definition) is 2. The lowest BCUT2D eigenvalue weighted by molar-refractivity contribution is 0.159. The molecule has 0 spiro atoms. The number of hydrogen-bond donors (Lipinski definition) is 0. The molecule has 0 amide bonds. The topological polar surface area (TPSA) is 16.1 Å². The fourth-order valence-corrected chi connectivity index (χ4v) is 3.49. The zero-order valence-corrected chi connectivity index (χ0v) is 12.5. The Labute approximate surface area is 121 Å². The van der Waals surface area contributed by atoms with Gasteiger partial charge in [0, 0.05) is 29.9 Å². The van der Waals surface area contributed by atoms with Gasteiger partial charge in [-0.25, -0.2) is 0 Å². The maximum absolute atomic E-state index is 4.15. The summed E-state index contributed by atoms with van der Waals surface area (Å²) >= 11 is 0. The van der Waals surface area contributed by atoms with Gasteiger partial charge in [0.25, 0.3) is 0 Å². The second kappa shape index (κ2) is 5.02. The Morgan fingerprint density at radius 3 is 2.30 bits per heavy atom. The van der Waals surface area contributed by atoms with E-state index in [4.69, 9.17) is 0 Å². The van der Waals surface area contributed by atoms with Crippen LogP contribution in [0, 0.1) is 0 Å². The van der Waals surface area contributed by atoms with E-state index in [0.29, 0.717) is 12.0 Å². The summed E-state index contributed by atoms with van der Waals surface area (Å²) in [5.41, 5.74) is 2.97. The lowest BCUT2D eigenvalue weighted by Gasteiger charge is -2.35. The maximum Gasteiger partial charge on any atom is 0.0357 e. The highest BCUT2D eigenvalue weighted by Crippen LogP contribution is 2.49. The van der Waals surface area contributed by atoms with Crippen LogP contribution in [0.4, 0.5) is 0 Å². The lowest BCUT2D eigenvalue weighted by atomic mass is 9.82. The average Bonchev–Trinajstić information content (AvgIpc) is 2.72. The molecule has 0 saturated carbocycles. The van der Waals surface area contributed by atoms with E-state index in [9.17, 15) is 0 Å². The third kappa shape index (κ3) is 2.14. The van der Waals surface area contributed by atoms with Crippen LogP contribution in [0.3, 0.4) is 0 Å². The van der Waals surface area contributed by atoms with Crippen LogP contribution in [0.1, 0.15) is 43.4 Å². The van der Waals surface area contributed by atoms with Crippen molar-refractivity contribution in [1.29, 1.82) is 0 Å². The summed E-state index contributed by atoms with van der Waals surface area (Å²) in [4.78, 5) is 6.67. The van der Waals surface area contributed by atoms with Crippen LogP contribution in [-0.2, 0) is 0 Å². The molecule has 0 radical (unpaired) electrons. The molecule has 1 fully saturated rings. The highest BCUT2D eigenvalue weighted by atomic mass is 15.2. The van der Waals surface area contributed by atoms with Crippen molar-refractivity contribution >= 4 is 0 Å². The molecule has 1 aliphatic heterocycles. The van der Waals surface area contributed by atoms with Crippen LogP contribution >= 0.6 is 0 Å². The van der Waals surface area contributed by atoms with E-state index >= 15 is 0 Å². The number of likely N-dealkylation sites (N-methyl/N-ethyl adjacent to an activating group) is 1. The standard InChI is InChI=1S/C18H22N2/c1-18(2)16(14-9-11-19-12-10-14)13-17(20(18)3)15-7-5-4-6-8-15/h4-12,16-17H,13H2,1-3H3/t16-,17+/m1/s1. The molecule has 0 N–H and O–H groups in total. The van der Waals surface area contributed by atoms with Gasteiger partial charge in [-0.05, 0) is 50.6 Å². The molecule has 1 aromatic carbocycles. The number of aromatic nitrogens is 1. The molecule has 3 rings (SSSR count). The van der Waals surface area contributed by atoms with Crippen molar-refractivity contribution in [1.82, 2.24) is 9.88 Å². The van der Waals surface area contributed by atoms with Gasteiger partial charge in [0.2, 0.25) is 0 Å². The molecule has 1 aromatic heterocycles. The van der Waals surface area contributed by atoms with E-state index in [1.54, 1.807) is 0 Å². The number of likely N-dealkylation sites (tertiary alicyclic amines) is 1. The Balaban J connectivity index is 1.95. The van der Waals surface area contributed by atoms with Crippen molar-refractivity contribution in [3.05, 3.63) is 66.0 Å². The molecule has 0 aliphatic carbocycles. The van der Waals surface area contributed by atoms with E-state index in [2.05, 4.69) is 73.2 Å². The summed E-state index contributed by atoms with van der Waals surface area (Å²) in [6, 6.07) is 15.7. The fourth-order valence-electron chi connectivity index (χ4n) is 3.49. The Hall–Kier alpha value is -1.67. The molecule has 1 aliphatic rings. The maximum atomic E-state index is 4.15. The zero-order chi connectivity index (χ0) is 14.2. The van der Waals surface area contributed by atoms with E-state index in [1.165, 1.54) is 11.1 Å². The molecule has 0 unspecified atom stereocenters. The van der Waals surface area contributed by atoms with Gasteiger partial charge in [0.1, 0.15) is 0 Å². The predicted octanol–water partition coefficient (Wildman–Crippen LogP) is 4.02. The minimum Gasteiger partial charge on any atom is -0.294 e. The first-order valence-electron chi connectivity index (χ1n) is 7.28. The molecular formula is C18H22N2. The van der Waals surface area contributed by atoms with E-state index in [1.807, 2.05) is 12.4 Å². The van der Waals surface area contributed by atoms with Crippen molar-refractivity contribution in [3.63, 3.8) is 0 Å². The Morgan fingerprint density at radius 2 is 1.65 bits per heavy atom. The molecule has 2 atom stereocenters. The van der Waals surface area contributed by atoms with Crippen LogP contribution < -0.4 is 0 Å². The van der Waals surface area contributed by atoms with Gasteiger partial charge in [0.05, 0.1) is 0 Å². The lowest BCUT2D eigenvalue weighted by Crippen LogP contribution is -2.39. The molecule has 0 bridgehead atoms. The first kappa shape index (κ1) is 13.3. The van der Waals surface area contributed by atoms with Crippen LogP contribution in [0.2, 0.25) is 0 Å². The molecule has 2 nitrogen and oxygen atoms in total. The highest BCUT2D eigenvalue weighted by Gasteiger charge is 2.45. The molecular weight excluding hydrogens is 244 g/mol. The zero-order valence-electron chi connectivity index (χ0n) is 12.5. The average molecular weight is 266 g/mol. The van der Waals surface area contributed by atoms with Gasteiger partial charge in [-0.2, -0.15) is 0 Å². The second-order valence-electron chi connectivity index (χ2n) is 6.26. The summed E-state index contributed by atoms with van der Waals surface area (Å²) in [6.07, 6.45) is 4.97. The van der Waals surface area contributed by atoms with E-state index in [-0.39, 0.29) is 5.54 Å². The minimum atomic E-state index is 0.155. The first-order valence-corrected chi connectivity index (χ1v) is 7.28. The quantitative estimate of drug-likeness (QED) is 0.816. The molecule has 1 saturated heterocycles. The van der Waals surface area contributed by atoms with Crippen molar-refractivity contribution in [3.8, 4) is 0 Å². The van der Waals surface area contributed by atoms with Gasteiger partial charge < -0.3 is 0 Å². The van der Waals surface area contributed by atoms with Crippen LogP contribution in [-0.4, -0.2) is 22.5 Å².